The summed E-state index contributed by atoms with van der Waals surface area (Å²) >= 11 is 0. The third kappa shape index (κ3) is 4.53. The zero-order chi connectivity index (χ0) is 15.2. The fraction of sp³-hybridized carbons (Fsp3) is 0.588. The third-order valence-corrected chi connectivity index (χ3v) is 4.26. The maximum absolute atomic E-state index is 11.9. The lowest BCUT2D eigenvalue weighted by atomic mass is 10.1. The number of benzene rings is 1. The molecule has 0 spiro atoms. The van der Waals surface area contributed by atoms with Crippen LogP contribution < -0.4 is 5.32 Å². The van der Waals surface area contributed by atoms with Gasteiger partial charge >= 0.3 is 5.97 Å². The van der Waals surface area contributed by atoms with E-state index in [0.717, 1.165) is 44.6 Å². The van der Waals surface area contributed by atoms with Crippen LogP contribution >= 0.6 is 0 Å². The van der Waals surface area contributed by atoms with E-state index < -0.39 is 0 Å². The van der Waals surface area contributed by atoms with Gasteiger partial charge in [-0.3, -0.25) is 9.69 Å². The second-order valence-corrected chi connectivity index (χ2v) is 6.04. The summed E-state index contributed by atoms with van der Waals surface area (Å²) in [5.41, 5.74) is 1.03. The monoisotopic (exact) mass is 304 g/mol. The summed E-state index contributed by atoms with van der Waals surface area (Å²) in [6, 6.07) is 9.78. The van der Waals surface area contributed by atoms with Crippen LogP contribution in [0, 0.1) is 0 Å². The minimum atomic E-state index is -0.147. The number of hydrogen-bond donors (Lipinski definition) is 1. The maximum Gasteiger partial charge on any atom is 0.320 e. The number of carbonyl (C=O) groups is 1. The van der Waals surface area contributed by atoms with Gasteiger partial charge in [-0.2, -0.15) is 0 Å². The molecule has 3 rings (SSSR count). The molecular formula is C17H24N2O3. The highest BCUT2D eigenvalue weighted by Gasteiger charge is 2.26. The molecule has 2 aliphatic heterocycles. The SMILES string of the molecule is O=C(CN1CCC(OC2CNC2)CC1)OCc1ccccc1. The van der Waals surface area contributed by atoms with E-state index in [1.807, 2.05) is 30.3 Å². The van der Waals surface area contributed by atoms with Crippen LogP contribution in [0.4, 0.5) is 0 Å². The Balaban J connectivity index is 1.32. The first-order valence-electron chi connectivity index (χ1n) is 8.07. The minimum Gasteiger partial charge on any atom is -0.460 e. The van der Waals surface area contributed by atoms with Gasteiger partial charge in [0.2, 0.25) is 0 Å². The molecule has 0 aromatic heterocycles. The Bertz CT molecular complexity index is 468. The van der Waals surface area contributed by atoms with E-state index in [1.54, 1.807) is 0 Å². The van der Waals surface area contributed by atoms with Crippen LogP contribution in [0.15, 0.2) is 30.3 Å². The molecule has 1 aromatic carbocycles. The molecular weight excluding hydrogens is 280 g/mol. The number of piperidine rings is 1. The highest BCUT2D eigenvalue weighted by Crippen LogP contribution is 2.16. The van der Waals surface area contributed by atoms with Crippen molar-refractivity contribution in [2.24, 2.45) is 0 Å². The molecule has 0 unspecified atom stereocenters. The number of rotatable bonds is 6. The summed E-state index contributed by atoms with van der Waals surface area (Å²) in [6.07, 6.45) is 2.75. The van der Waals surface area contributed by atoms with Crippen molar-refractivity contribution in [3.63, 3.8) is 0 Å². The topological polar surface area (TPSA) is 50.8 Å². The first-order chi connectivity index (χ1) is 10.8. The van der Waals surface area contributed by atoms with E-state index in [0.29, 0.717) is 25.4 Å². The molecule has 5 nitrogen and oxygen atoms in total. The molecule has 0 aliphatic carbocycles. The van der Waals surface area contributed by atoms with Crippen LogP contribution in [0.5, 0.6) is 0 Å². The number of likely N-dealkylation sites (tertiary alicyclic amines) is 1. The lowest BCUT2D eigenvalue weighted by Gasteiger charge is -2.36. The lowest BCUT2D eigenvalue weighted by Crippen LogP contribution is -2.51. The molecule has 2 aliphatic rings. The van der Waals surface area contributed by atoms with Crippen molar-refractivity contribution in [3.8, 4) is 0 Å². The Morgan fingerprint density at radius 2 is 1.86 bits per heavy atom. The predicted octanol–water partition coefficient (Wildman–Crippen LogP) is 1.18. The molecule has 0 bridgehead atoms. The minimum absolute atomic E-state index is 0.147. The first kappa shape index (κ1) is 15.5. The van der Waals surface area contributed by atoms with Crippen molar-refractivity contribution in [2.75, 3.05) is 32.7 Å². The summed E-state index contributed by atoms with van der Waals surface area (Å²) in [5, 5.41) is 3.22. The van der Waals surface area contributed by atoms with Crippen LogP contribution in [-0.4, -0.2) is 55.8 Å². The van der Waals surface area contributed by atoms with Crippen molar-refractivity contribution in [1.82, 2.24) is 10.2 Å². The quantitative estimate of drug-likeness (QED) is 0.800. The molecule has 0 atom stereocenters. The summed E-state index contributed by atoms with van der Waals surface area (Å²) in [7, 11) is 0. The Kier molecular flexibility index (Phi) is 5.43. The van der Waals surface area contributed by atoms with Gasteiger partial charge in [0.1, 0.15) is 6.61 Å². The van der Waals surface area contributed by atoms with E-state index >= 15 is 0 Å². The molecule has 2 fully saturated rings. The standard InChI is InChI=1S/C17H24N2O3/c20-17(21-13-14-4-2-1-3-5-14)12-19-8-6-15(7-9-19)22-16-10-18-11-16/h1-5,15-16,18H,6-13H2. The zero-order valence-corrected chi connectivity index (χ0v) is 12.9. The van der Waals surface area contributed by atoms with Gasteiger partial charge in [-0.1, -0.05) is 30.3 Å². The smallest absolute Gasteiger partial charge is 0.320 e. The van der Waals surface area contributed by atoms with Crippen molar-refractivity contribution < 1.29 is 14.3 Å². The Labute approximate surface area is 131 Å². The molecule has 2 heterocycles. The molecule has 120 valence electrons. The molecule has 2 saturated heterocycles. The second kappa shape index (κ2) is 7.72. The average molecular weight is 304 g/mol. The molecule has 0 radical (unpaired) electrons. The van der Waals surface area contributed by atoms with Gasteiger partial charge in [-0.15, -0.1) is 0 Å². The fourth-order valence-electron chi connectivity index (χ4n) is 2.80. The number of carbonyl (C=O) groups excluding carboxylic acids is 1. The van der Waals surface area contributed by atoms with Gasteiger partial charge in [-0.05, 0) is 18.4 Å². The van der Waals surface area contributed by atoms with Gasteiger partial charge < -0.3 is 14.8 Å². The number of nitrogens with zero attached hydrogens (tertiary/aromatic N) is 1. The molecule has 5 heteroatoms. The van der Waals surface area contributed by atoms with Gasteiger partial charge in [0, 0.05) is 26.2 Å². The van der Waals surface area contributed by atoms with E-state index in [4.69, 9.17) is 9.47 Å². The van der Waals surface area contributed by atoms with Gasteiger partial charge in [0.15, 0.2) is 0 Å². The van der Waals surface area contributed by atoms with E-state index in [2.05, 4.69) is 10.2 Å². The highest BCUT2D eigenvalue weighted by atomic mass is 16.5. The average Bonchev–Trinajstić information content (AvgIpc) is 2.51. The van der Waals surface area contributed by atoms with Crippen molar-refractivity contribution in [1.29, 1.82) is 0 Å². The van der Waals surface area contributed by atoms with Gasteiger partial charge in [0.05, 0.1) is 18.8 Å². The number of hydrogen-bond acceptors (Lipinski definition) is 5. The fourth-order valence-corrected chi connectivity index (χ4v) is 2.80. The molecule has 0 amide bonds. The summed E-state index contributed by atoms with van der Waals surface area (Å²) in [4.78, 5) is 14.1. The summed E-state index contributed by atoms with van der Waals surface area (Å²) in [6.45, 7) is 4.51. The van der Waals surface area contributed by atoms with E-state index in [1.165, 1.54) is 0 Å². The van der Waals surface area contributed by atoms with Gasteiger partial charge in [0.25, 0.3) is 0 Å². The van der Waals surface area contributed by atoms with E-state index in [-0.39, 0.29) is 5.97 Å². The first-order valence-corrected chi connectivity index (χ1v) is 8.07. The summed E-state index contributed by atoms with van der Waals surface area (Å²) in [5.74, 6) is -0.147. The Morgan fingerprint density at radius 1 is 1.14 bits per heavy atom. The number of esters is 1. The largest absolute Gasteiger partial charge is 0.460 e. The zero-order valence-electron chi connectivity index (χ0n) is 12.9. The van der Waals surface area contributed by atoms with Crippen LogP contribution in [0.1, 0.15) is 18.4 Å². The molecule has 1 N–H and O–H groups in total. The number of nitrogens with one attached hydrogen (secondary N) is 1. The number of ether oxygens (including phenoxy) is 2. The Morgan fingerprint density at radius 3 is 2.50 bits per heavy atom. The Hall–Kier alpha value is -1.43. The highest BCUT2D eigenvalue weighted by molar-refractivity contribution is 5.71. The molecule has 1 aromatic rings. The van der Waals surface area contributed by atoms with Gasteiger partial charge in [-0.25, -0.2) is 0 Å². The third-order valence-electron chi connectivity index (χ3n) is 4.26. The van der Waals surface area contributed by atoms with Crippen LogP contribution in [-0.2, 0) is 20.9 Å². The van der Waals surface area contributed by atoms with Crippen LogP contribution in [0.2, 0.25) is 0 Å². The van der Waals surface area contributed by atoms with Crippen LogP contribution in [0.25, 0.3) is 0 Å². The van der Waals surface area contributed by atoms with Crippen molar-refractivity contribution in [2.45, 2.75) is 31.7 Å². The molecule has 22 heavy (non-hydrogen) atoms. The van der Waals surface area contributed by atoms with E-state index in [9.17, 15) is 4.79 Å². The molecule has 0 saturated carbocycles. The summed E-state index contributed by atoms with van der Waals surface area (Å²) < 4.78 is 11.3. The predicted molar refractivity (Wildman–Crippen MR) is 83.4 cm³/mol. The van der Waals surface area contributed by atoms with Crippen molar-refractivity contribution in [3.05, 3.63) is 35.9 Å². The maximum atomic E-state index is 11.9. The van der Waals surface area contributed by atoms with Crippen LogP contribution in [0.3, 0.4) is 0 Å². The second-order valence-electron chi connectivity index (χ2n) is 6.04. The normalized spacial score (nSPS) is 20.5. The lowest BCUT2D eigenvalue weighted by molar-refractivity contribution is -0.147. The van der Waals surface area contributed by atoms with Crippen molar-refractivity contribution >= 4 is 5.97 Å².